The summed E-state index contributed by atoms with van der Waals surface area (Å²) in [4.78, 5) is 15.1. The zero-order valence-corrected chi connectivity index (χ0v) is 32.7. The van der Waals surface area contributed by atoms with Crippen LogP contribution in [0.4, 0.5) is 0 Å². The first-order valence-corrected chi connectivity index (χ1v) is 18.1. The van der Waals surface area contributed by atoms with Crippen molar-refractivity contribution in [2.24, 2.45) is 0 Å². The Morgan fingerprint density at radius 3 is 1.02 bits per heavy atom. The highest BCUT2D eigenvalue weighted by Gasteiger charge is 2.27. The van der Waals surface area contributed by atoms with E-state index in [4.69, 9.17) is 4.74 Å². The Bertz CT molecular complexity index is 689. The molecular weight excluding hydrogens is 544 g/mol. The summed E-state index contributed by atoms with van der Waals surface area (Å²) in [6.45, 7) is 48.4. The molecule has 0 amide bonds. The van der Waals surface area contributed by atoms with Crippen LogP contribution in [0, 0.1) is 0 Å². The van der Waals surface area contributed by atoms with Crippen LogP contribution in [0.15, 0.2) is 0 Å². The number of ether oxygens (including phenoxy) is 1. The molecule has 0 atom stereocenters. The predicted octanol–water partition coefficient (Wildman–Crippen LogP) is 6.23. The average Bonchev–Trinajstić information content (AvgIpc) is 2.93. The first-order valence-electron chi connectivity index (χ1n) is 18.1. The van der Waals surface area contributed by atoms with Crippen LogP contribution in [0.5, 0.6) is 0 Å². The molecular formula is C37H80N6O. The van der Waals surface area contributed by atoms with Crippen molar-refractivity contribution < 1.29 is 4.74 Å². The summed E-state index contributed by atoms with van der Waals surface area (Å²) in [5.74, 6) is 0. The summed E-state index contributed by atoms with van der Waals surface area (Å²) in [6.07, 6.45) is 4.24. The van der Waals surface area contributed by atoms with Crippen LogP contribution in [0.3, 0.4) is 0 Å². The molecule has 44 heavy (non-hydrogen) atoms. The number of likely N-dealkylation sites (N-methyl/N-ethyl adjacent to an activating group) is 1. The van der Waals surface area contributed by atoms with Crippen molar-refractivity contribution in [2.45, 2.75) is 144 Å². The molecule has 4 rings (SSSR count). The van der Waals surface area contributed by atoms with E-state index in [0.29, 0.717) is 28.2 Å². The summed E-state index contributed by atoms with van der Waals surface area (Å²) in [5, 5.41) is 0. The molecule has 4 heterocycles. The topological polar surface area (TPSA) is 28.7 Å². The van der Waals surface area contributed by atoms with Gasteiger partial charge in [0.25, 0.3) is 0 Å². The maximum atomic E-state index is 5.25. The molecule has 0 aromatic heterocycles. The fourth-order valence-electron chi connectivity index (χ4n) is 6.19. The van der Waals surface area contributed by atoms with E-state index in [0.717, 1.165) is 26.3 Å². The van der Waals surface area contributed by atoms with Gasteiger partial charge in [0.1, 0.15) is 0 Å². The number of hydrogen-bond donors (Lipinski definition) is 0. The van der Waals surface area contributed by atoms with Gasteiger partial charge in [0.2, 0.25) is 0 Å². The van der Waals surface area contributed by atoms with Crippen LogP contribution in [0.2, 0.25) is 0 Å². The van der Waals surface area contributed by atoms with Crippen molar-refractivity contribution in [3.8, 4) is 0 Å². The van der Waals surface area contributed by atoms with Gasteiger partial charge in [-0.25, -0.2) is 0 Å². The number of likely N-dealkylation sites (tertiary alicyclic amines) is 1. The molecule has 4 fully saturated rings. The van der Waals surface area contributed by atoms with E-state index in [2.05, 4.69) is 133 Å². The third-order valence-electron chi connectivity index (χ3n) is 9.71. The molecule has 7 heteroatoms. The molecule has 4 aliphatic heterocycles. The number of nitrogens with zero attached hydrogens (tertiary/aromatic N) is 6. The second-order valence-corrected chi connectivity index (χ2v) is 17.7. The molecule has 7 nitrogen and oxygen atoms in total. The van der Waals surface area contributed by atoms with Gasteiger partial charge in [-0.1, -0.05) is 6.42 Å². The van der Waals surface area contributed by atoms with Gasteiger partial charge >= 0.3 is 0 Å². The smallest absolute Gasteiger partial charge is 0.0594 e. The van der Waals surface area contributed by atoms with E-state index in [-0.39, 0.29) is 0 Å². The van der Waals surface area contributed by atoms with Crippen LogP contribution in [-0.2, 0) is 4.74 Å². The summed E-state index contributed by atoms with van der Waals surface area (Å²) >= 11 is 0. The van der Waals surface area contributed by atoms with Gasteiger partial charge in [0, 0.05) is 93.6 Å². The molecule has 0 saturated carbocycles. The van der Waals surface area contributed by atoms with E-state index in [1.165, 1.54) is 84.7 Å². The summed E-state index contributed by atoms with van der Waals surface area (Å²) in [6, 6.07) is 0.710. The Labute approximate surface area is 277 Å². The zero-order chi connectivity index (χ0) is 33.8. The molecule has 4 aliphatic rings. The van der Waals surface area contributed by atoms with E-state index >= 15 is 0 Å². The highest BCUT2D eigenvalue weighted by Crippen LogP contribution is 2.19. The highest BCUT2D eigenvalue weighted by atomic mass is 16.5. The quantitative estimate of drug-likeness (QED) is 0.342. The normalized spacial score (nSPS) is 23.2. The number of rotatable bonds is 1. The Kier molecular flexibility index (Phi) is 17.9. The second kappa shape index (κ2) is 18.9. The van der Waals surface area contributed by atoms with Gasteiger partial charge < -0.3 is 9.64 Å². The minimum absolute atomic E-state index is 0.323. The standard InChI is InChI=1S/C11H24N2.C9H20N2.C9H19N.C8H17NO/c1-10(2)12-6-8-13(9-7-12)11(3,4)5;1-9(2,3)11-7-5-10(4)6-8-11;1-9(2,3)10-7-5-4-6-8-10;1-8(2,3)9-4-6-10-7-5-9/h10H,6-9H2,1-5H3;5-8H2,1-4H3;4-8H2,1-3H3;4-7H2,1-3H3. The second-order valence-electron chi connectivity index (χ2n) is 17.7. The minimum Gasteiger partial charge on any atom is -0.379 e. The van der Waals surface area contributed by atoms with E-state index in [1.54, 1.807) is 0 Å². The van der Waals surface area contributed by atoms with Gasteiger partial charge in [-0.2, -0.15) is 0 Å². The van der Waals surface area contributed by atoms with Crippen molar-refractivity contribution in [2.75, 3.05) is 98.8 Å². The lowest BCUT2D eigenvalue weighted by Crippen LogP contribution is -2.54. The molecule has 0 aromatic rings. The van der Waals surface area contributed by atoms with E-state index < -0.39 is 0 Å². The zero-order valence-electron chi connectivity index (χ0n) is 32.7. The maximum absolute atomic E-state index is 5.25. The minimum atomic E-state index is 0.323. The van der Waals surface area contributed by atoms with Crippen molar-refractivity contribution in [1.29, 1.82) is 0 Å². The fraction of sp³-hybridized carbons (Fsp3) is 1.00. The molecule has 4 saturated heterocycles. The lowest BCUT2D eigenvalue weighted by atomic mass is 10.0. The largest absolute Gasteiger partial charge is 0.379 e. The SMILES string of the molecule is CC(C)(C)N1CCCCC1.CC(C)(C)N1CCOCC1.CC(C)N1CCN(C(C)(C)C)CC1.CN1CCN(C(C)(C)C)CC1. The molecule has 0 aliphatic carbocycles. The van der Waals surface area contributed by atoms with Crippen LogP contribution >= 0.6 is 0 Å². The Hall–Kier alpha value is -0.280. The molecule has 0 unspecified atom stereocenters. The first-order chi connectivity index (χ1) is 20.1. The van der Waals surface area contributed by atoms with Gasteiger partial charge in [-0.3, -0.25) is 24.5 Å². The van der Waals surface area contributed by atoms with Crippen LogP contribution in [-0.4, -0.2) is 156 Å². The van der Waals surface area contributed by atoms with E-state index in [1.807, 2.05) is 0 Å². The van der Waals surface area contributed by atoms with Gasteiger partial charge in [-0.15, -0.1) is 0 Å². The number of piperidine rings is 1. The third-order valence-corrected chi connectivity index (χ3v) is 9.71. The van der Waals surface area contributed by atoms with Crippen molar-refractivity contribution in [1.82, 2.24) is 29.4 Å². The fourth-order valence-corrected chi connectivity index (χ4v) is 6.19. The molecule has 0 spiro atoms. The molecule has 264 valence electrons. The predicted molar refractivity (Wildman–Crippen MR) is 194 cm³/mol. The summed E-state index contributed by atoms with van der Waals surface area (Å²) in [7, 11) is 2.19. The Morgan fingerprint density at radius 2 is 0.727 bits per heavy atom. The molecule has 0 radical (unpaired) electrons. The third kappa shape index (κ3) is 17.0. The summed E-state index contributed by atoms with van der Waals surface area (Å²) < 4.78 is 5.25. The van der Waals surface area contributed by atoms with Crippen molar-refractivity contribution in [3.63, 3.8) is 0 Å². The number of hydrogen-bond acceptors (Lipinski definition) is 7. The Morgan fingerprint density at radius 1 is 0.409 bits per heavy atom. The van der Waals surface area contributed by atoms with E-state index in [9.17, 15) is 0 Å². The van der Waals surface area contributed by atoms with Crippen molar-refractivity contribution >= 4 is 0 Å². The molecule has 0 N–H and O–H groups in total. The number of morpholine rings is 1. The monoisotopic (exact) mass is 625 g/mol. The first kappa shape index (κ1) is 41.7. The van der Waals surface area contributed by atoms with Crippen LogP contribution in [0.25, 0.3) is 0 Å². The summed E-state index contributed by atoms with van der Waals surface area (Å²) in [5.41, 5.74) is 1.44. The highest BCUT2D eigenvalue weighted by molar-refractivity contribution is 4.83. The lowest BCUT2D eigenvalue weighted by molar-refractivity contribution is -0.00389. The van der Waals surface area contributed by atoms with Gasteiger partial charge in [0.05, 0.1) is 13.2 Å². The van der Waals surface area contributed by atoms with Crippen LogP contribution < -0.4 is 0 Å². The lowest BCUT2D eigenvalue weighted by Gasteiger charge is -2.43. The average molecular weight is 625 g/mol. The molecule has 0 aromatic carbocycles. The van der Waals surface area contributed by atoms with Gasteiger partial charge in [0.15, 0.2) is 0 Å². The van der Waals surface area contributed by atoms with Crippen LogP contribution in [0.1, 0.15) is 116 Å². The molecule has 0 bridgehead atoms. The number of piperazine rings is 2. The van der Waals surface area contributed by atoms with Gasteiger partial charge in [-0.05, 0) is 130 Å². The Balaban J connectivity index is 0.000000295. The van der Waals surface area contributed by atoms with Crippen molar-refractivity contribution in [3.05, 3.63) is 0 Å². The maximum Gasteiger partial charge on any atom is 0.0594 e.